The van der Waals surface area contributed by atoms with E-state index in [1.54, 1.807) is 49.3 Å². The minimum absolute atomic E-state index is 0.176. The Morgan fingerprint density at radius 2 is 1.07 bits per heavy atom. The summed E-state index contributed by atoms with van der Waals surface area (Å²) >= 11 is 0. The number of benzene rings is 3. The molecule has 1 unspecified atom stereocenters. The monoisotopic (exact) mass is 655 g/mol. The first kappa shape index (κ1) is 33.6. The molecule has 0 saturated carbocycles. The lowest BCUT2D eigenvalue weighted by Crippen LogP contribution is -2.34. The van der Waals surface area contributed by atoms with E-state index in [4.69, 9.17) is 0 Å². The van der Waals surface area contributed by atoms with Crippen LogP contribution in [-0.2, 0) is 24.7 Å². The Hall–Kier alpha value is -3.31. The van der Waals surface area contributed by atoms with E-state index in [-0.39, 0.29) is 12.1 Å². The molecule has 4 rings (SSSR count). The highest BCUT2D eigenvalue weighted by molar-refractivity contribution is 7.74. The molecule has 1 nitrogen and oxygen atoms in total. The standard InChI is InChI=1S/C30H22F12NP/c1-43(2)26(17-7-4-3-5-8-17)20-9-6-10-23(20)44(24-13-11-18(27(31,32)33)15-21(24)29(37,38)39)25-14-12-19(28(34,35)36)16-22(25)30(40,41)42/h3-16,23,26H,1-2H3/t23?,26-/m0/s1. The van der Waals surface area contributed by atoms with Crippen molar-refractivity contribution in [3.63, 3.8) is 0 Å². The van der Waals surface area contributed by atoms with Gasteiger partial charge in [-0.3, -0.25) is 4.90 Å². The number of nitrogens with zero attached hydrogens (tertiary/aromatic N) is 1. The van der Waals surface area contributed by atoms with Crippen LogP contribution in [0.4, 0.5) is 52.7 Å². The van der Waals surface area contributed by atoms with E-state index < -0.39 is 77.2 Å². The summed E-state index contributed by atoms with van der Waals surface area (Å²) in [6.07, 6.45) is -17.1. The van der Waals surface area contributed by atoms with Crippen LogP contribution in [0.2, 0.25) is 0 Å². The molecule has 0 spiro atoms. The fourth-order valence-corrected chi connectivity index (χ4v) is 8.15. The molecule has 3 aromatic rings. The number of allylic oxidation sites excluding steroid dienone is 3. The Kier molecular flexibility index (Phi) is 9.07. The highest BCUT2D eigenvalue weighted by Gasteiger charge is 2.46. The summed E-state index contributed by atoms with van der Waals surface area (Å²) in [7, 11) is 0.277. The second-order valence-electron chi connectivity index (χ2n) is 10.1. The highest BCUT2D eigenvalue weighted by atomic mass is 31.1. The van der Waals surface area contributed by atoms with Crippen molar-refractivity contribution in [2.45, 2.75) is 36.4 Å². The van der Waals surface area contributed by atoms with Gasteiger partial charge in [0.1, 0.15) is 0 Å². The maximum atomic E-state index is 14.4. The summed E-state index contributed by atoms with van der Waals surface area (Å²) in [5, 5.41) is -1.78. The van der Waals surface area contributed by atoms with E-state index in [1.807, 2.05) is 0 Å². The Morgan fingerprint density at radius 1 is 0.614 bits per heavy atom. The third-order valence-corrected chi connectivity index (χ3v) is 9.77. The van der Waals surface area contributed by atoms with Crippen LogP contribution in [0, 0.1) is 0 Å². The Morgan fingerprint density at radius 3 is 1.45 bits per heavy atom. The lowest BCUT2D eigenvalue weighted by Gasteiger charge is -2.36. The first-order chi connectivity index (χ1) is 20.2. The molecule has 1 aliphatic rings. The second kappa shape index (κ2) is 11.9. The van der Waals surface area contributed by atoms with Crippen LogP contribution in [0.5, 0.6) is 0 Å². The minimum Gasteiger partial charge on any atom is -0.299 e. The molecule has 236 valence electrons. The number of likely N-dealkylation sites (N-methyl/N-ethyl adjacent to an activating group) is 1. The van der Waals surface area contributed by atoms with Crippen LogP contribution in [0.25, 0.3) is 0 Å². The van der Waals surface area contributed by atoms with Gasteiger partial charge >= 0.3 is 24.7 Å². The molecule has 3 aromatic carbocycles. The molecule has 0 saturated heterocycles. The largest absolute Gasteiger partial charge is 0.417 e. The summed E-state index contributed by atoms with van der Waals surface area (Å²) in [4.78, 5) is 1.66. The van der Waals surface area contributed by atoms with Crippen molar-refractivity contribution in [3.05, 3.63) is 118 Å². The van der Waals surface area contributed by atoms with E-state index in [0.717, 1.165) is 0 Å². The topological polar surface area (TPSA) is 3.24 Å². The molecule has 0 N–H and O–H groups in total. The van der Waals surface area contributed by atoms with E-state index in [0.29, 0.717) is 35.4 Å². The van der Waals surface area contributed by atoms with Crippen molar-refractivity contribution in [1.82, 2.24) is 4.90 Å². The zero-order valence-corrected chi connectivity index (χ0v) is 23.6. The van der Waals surface area contributed by atoms with Crippen LogP contribution in [0.15, 0.2) is 90.5 Å². The van der Waals surface area contributed by atoms with Crippen LogP contribution in [0.1, 0.15) is 33.9 Å². The molecule has 0 amide bonds. The van der Waals surface area contributed by atoms with Gasteiger partial charge in [-0.2, -0.15) is 52.7 Å². The fourth-order valence-electron chi connectivity index (χ4n) is 5.12. The summed E-state index contributed by atoms with van der Waals surface area (Å²) in [6, 6.07) is 8.95. The fraction of sp³-hybridized carbons (Fsp3) is 0.267. The SMILES string of the molecule is CN(C)[C@H](C1=CC=CC1P(c1ccc(C(F)(F)F)cc1C(F)(F)F)c1ccc(C(F)(F)F)cc1C(F)(F)F)c1ccccc1. The van der Waals surface area contributed by atoms with Crippen molar-refractivity contribution in [2.75, 3.05) is 14.1 Å². The molecule has 14 heteroatoms. The minimum atomic E-state index is -5.45. The average Bonchev–Trinajstić information content (AvgIpc) is 3.36. The third kappa shape index (κ3) is 6.99. The number of hydrogen-bond acceptors (Lipinski definition) is 1. The molecule has 1 aliphatic carbocycles. The molecule has 0 bridgehead atoms. The molecule has 0 aliphatic heterocycles. The normalized spacial score (nSPS) is 17.0. The zero-order chi connectivity index (χ0) is 32.8. The molecule has 44 heavy (non-hydrogen) atoms. The Balaban J connectivity index is 2.07. The molecule has 0 heterocycles. The van der Waals surface area contributed by atoms with Gasteiger partial charge < -0.3 is 0 Å². The summed E-state index contributed by atoms with van der Waals surface area (Å²) in [5.41, 5.74) is -7.36. The molecule has 2 atom stereocenters. The van der Waals surface area contributed by atoms with Gasteiger partial charge in [0.15, 0.2) is 0 Å². The first-order valence-electron chi connectivity index (χ1n) is 12.7. The van der Waals surface area contributed by atoms with Gasteiger partial charge in [0.05, 0.1) is 28.3 Å². The van der Waals surface area contributed by atoms with Gasteiger partial charge in [-0.15, -0.1) is 0 Å². The zero-order valence-electron chi connectivity index (χ0n) is 22.7. The van der Waals surface area contributed by atoms with Crippen molar-refractivity contribution in [2.24, 2.45) is 0 Å². The first-order valence-corrected chi connectivity index (χ1v) is 14.1. The molecular weight excluding hydrogens is 633 g/mol. The molecular formula is C30H22F12NP. The van der Waals surface area contributed by atoms with E-state index in [9.17, 15) is 52.7 Å². The Labute approximate surface area is 245 Å². The van der Waals surface area contributed by atoms with Gasteiger partial charge in [-0.25, -0.2) is 0 Å². The lowest BCUT2D eigenvalue weighted by molar-refractivity contribution is -0.144. The van der Waals surface area contributed by atoms with Gasteiger partial charge in [0, 0.05) is 5.66 Å². The Bertz CT molecular complexity index is 1470. The smallest absolute Gasteiger partial charge is 0.299 e. The lowest BCUT2D eigenvalue weighted by atomic mass is 9.96. The number of rotatable bonds is 6. The number of hydrogen-bond donors (Lipinski definition) is 0. The van der Waals surface area contributed by atoms with E-state index in [1.165, 1.54) is 18.2 Å². The van der Waals surface area contributed by atoms with Crippen LogP contribution in [0.3, 0.4) is 0 Å². The van der Waals surface area contributed by atoms with Crippen molar-refractivity contribution >= 4 is 18.5 Å². The van der Waals surface area contributed by atoms with Crippen LogP contribution in [-0.4, -0.2) is 24.7 Å². The number of alkyl halides is 12. The van der Waals surface area contributed by atoms with Crippen molar-refractivity contribution in [3.8, 4) is 0 Å². The summed E-state index contributed by atoms with van der Waals surface area (Å²) in [5.74, 6) is 0. The van der Waals surface area contributed by atoms with E-state index in [2.05, 4.69) is 0 Å². The van der Waals surface area contributed by atoms with Crippen molar-refractivity contribution < 1.29 is 52.7 Å². The second-order valence-corrected chi connectivity index (χ2v) is 12.4. The van der Waals surface area contributed by atoms with Gasteiger partial charge in [-0.1, -0.05) is 60.7 Å². The number of halogens is 12. The van der Waals surface area contributed by atoms with Crippen molar-refractivity contribution in [1.29, 1.82) is 0 Å². The summed E-state index contributed by atoms with van der Waals surface area (Å²) in [6.45, 7) is 0. The molecule has 0 radical (unpaired) electrons. The quantitative estimate of drug-likeness (QED) is 0.189. The highest BCUT2D eigenvalue weighted by Crippen LogP contribution is 2.54. The summed E-state index contributed by atoms with van der Waals surface area (Å²) < 4.78 is 167. The van der Waals surface area contributed by atoms with Gasteiger partial charge in [-0.05, 0) is 68.0 Å². The molecule has 0 aromatic heterocycles. The molecule has 0 fully saturated rings. The van der Waals surface area contributed by atoms with Crippen LogP contribution < -0.4 is 10.6 Å². The maximum absolute atomic E-state index is 14.4. The predicted octanol–water partition coefficient (Wildman–Crippen LogP) is 9.36. The maximum Gasteiger partial charge on any atom is 0.417 e. The average molecular weight is 655 g/mol. The third-order valence-electron chi connectivity index (χ3n) is 6.93. The van der Waals surface area contributed by atoms with Gasteiger partial charge in [0.2, 0.25) is 0 Å². The van der Waals surface area contributed by atoms with Gasteiger partial charge in [0.25, 0.3) is 0 Å². The predicted molar refractivity (Wildman–Crippen MR) is 143 cm³/mol. The van der Waals surface area contributed by atoms with Crippen LogP contribution >= 0.6 is 7.92 Å². The van der Waals surface area contributed by atoms with E-state index >= 15 is 0 Å².